The number of aromatic nitrogens is 4. The number of ether oxygens (including phenoxy) is 2. The molecule has 0 fully saturated rings. The molecule has 0 aliphatic rings. The van der Waals surface area contributed by atoms with Crippen LogP contribution in [0.2, 0.25) is 0 Å². The lowest BCUT2D eigenvalue weighted by atomic mass is 10.1. The fraction of sp³-hybridized carbons (Fsp3) is 0.0682. The molecule has 0 amide bonds. The van der Waals surface area contributed by atoms with Gasteiger partial charge < -0.3 is 23.7 Å². The third-order valence-corrected chi connectivity index (χ3v) is 9.11. The van der Waals surface area contributed by atoms with E-state index in [0.717, 1.165) is 5.56 Å². The van der Waals surface area contributed by atoms with E-state index in [1.54, 1.807) is 72.8 Å². The van der Waals surface area contributed by atoms with E-state index in [0.29, 0.717) is 70.1 Å². The van der Waals surface area contributed by atoms with Gasteiger partial charge >= 0.3 is 0 Å². The van der Waals surface area contributed by atoms with Crippen LogP contribution in [0.4, 0.5) is 26.3 Å². The Kier molecular flexibility index (Phi) is 11.8. The van der Waals surface area contributed by atoms with Gasteiger partial charge in [-0.15, -0.1) is 0 Å². The second kappa shape index (κ2) is 17.5. The van der Waals surface area contributed by atoms with Crippen molar-refractivity contribution in [3.63, 3.8) is 0 Å². The van der Waals surface area contributed by atoms with Gasteiger partial charge in [0.1, 0.15) is 64.2 Å². The number of aliphatic hydroxyl groups is 1. The number of fused-ring (bicyclic) bond motifs is 2. The highest BCUT2D eigenvalue weighted by atomic mass is 19.2. The van der Waals surface area contributed by atoms with Crippen LogP contribution < -0.4 is 20.6 Å². The molecule has 0 aliphatic heterocycles. The molecule has 0 bridgehead atoms. The maximum atomic E-state index is 14.0. The number of benzene rings is 6. The summed E-state index contributed by atoms with van der Waals surface area (Å²) in [6.07, 6.45) is 3.06. The van der Waals surface area contributed by atoms with Crippen molar-refractivity contribution >= 4 is 28.1 Å². The Labute approximate surface area is 334 Å². The number of aldehydes is 1. The maximum Gasteiger partial charge on any atom is 0.280 e. The first kappa shape index (κ1) is 40.6. The minimum atomic E-state index is -1.03. The predicted octanol–water partition coefficient (Wildman–Crippen LogP) is 8.61. The lowest BCUT2D eigenvalue weighted by molar-refractivity contribution is 0.112. The largest absolute Gasteiger partial charge is 0.457 e. The van der Waals surface area contributed by atoms with Crippen LogP contribution in [0.25, 0.3) is 21.8 Å². The van der Waals surface area contributed by atoms with Crippen molar-refractivity contribution in [2.45, 2.75) is 19.7 Å². The molecular weight excluding hydrogens is 794 g/mol. The Morgan fingerprint density at radius 1 is 0.533 bits per heavy atom. The fourth-order valence-corrected chi connectivity index (χ4v) is 6.10. The zero-order valence-electron chi connectivity index (χ0n) is 30.8. The molecule has 0 saturated carbocycles. The highest BCUT2D eigenvalue weighted by Crippen LogP contribution is 2.27. The highest BCUT2D eigenvalue weighted by Gasteiger charge is 2.16. The van der Waals surface area contributed by atoms with Gasteiger partial charge in [0.2, 0.25) is 0 Å². The molecule has 302 valence electrons. The summed E-state index contributed by atoms with van der Waals surface area (Å²) in [4.78, 5) is 42.7. The van der Waals surface area contributed by atoms with Crippen LogP contribution in [0.5, 0.6) is 23.0 Å². The number of rotatable bonds is 10. The number of carbonyl (C=O) groups is 1. The molecular formula is C44H28F6N4O6. The second-order valence-electron chi connectivity index (χ2n) is 13.1. The average Bonchev–Trinajstić information content (AvgIpc) is 3.23. The summed E-state index contributed by atoms with van der Waals surface area (Å²) in [5.74, 6) is -4.45. The Hall–Kier alpha value is -7.59. The molecule has 16 heteroatoms. The predicted molar refractivity (Wildman–Crippen MR) is 207 cm³/mol. The van der Waals surface area contributed by atoms with E-state index >= 15 is 0 Å². The third kappa shape index (κ3) is 9.08. The van der Waals surface area contributed by atoms with Crippen molar-refractivity contribution in [1.29, 1.82) is 0 Å². The zero-order chi connectivity index (χ0) is 42.5. The van der Waals surface area contributed by atoms with Crippen LogP contribution in [-0.4, -0.2) is 30.5 Å². The van der Waals surface area contributed by atoms with Gasteiger partial charge in [0, 0.05) is 41.0 Å². The van der Waals surface area contributed by atoms with Gasteiger partial charge in [0.05, 0.1) is 54.2 Å². The number of aliphatic hydroxyl groups excluding tert-OH is 1. The molecule has 0 saturated heterocycles. The maximum absolute atomic E-state index is 14.0. The van der Waals surface area contributed by atoms with Gasteiger partial charge in [-0.3, -0.25) is 14.4 Å². The Morgan fingerprint density at radius 2 is 0.917 bits per heavy atom. The number of carbonyl (C=O) groups excluding carboxylic acids is 1. The van der Waals surface area contributed by atoms with E-state index in [1.807, 2.05) is 0 Å². The number of nitrogens with zero attached hydrogens (tertiary/aromatic N) is 4. The van der Waals surface area contributed by atoms with E-state index < -0.39 is 46.0 Å². The van der Waals surface area contributed by atoms with Gasteiger partial charge in [-0.2, -0.15) is 9.97 Å². The normalized spacial score (nSPS) is 11.0. The van der Waals surface area contributed by atoms with E-state index in [2.05, 4.69) is 9.97 Å². The van der Waals surface area contributed by atoms with E-state index in [1.165, 1.54) is 33.9 Å². The van der Waals surface area contributed by atoms with Crippen molar-refractivity contribution < 1.29 is 45.7 Å². The van der Waals surface area contributed by atoms with E-state index in [9.17, 15) is 40.7 Å². The quantitative estimate of drug-likeness (QED) is 0.107. The number of hydrogen-bond acceptors (Lipinski definition) is 8. The molecule has 1 N–H and O–H groups in total. The SMILES string of the molecule is O=Cc1ccc(Oc2ccc3c(c2)c(=O)ncn3Cc2c(F)cc(F)cc2F)cc1.O=c1ncn(Cc2c(F)cc(F)cc2F)c2ccc(Oc3ccc(CO)cc3)cc12. The van der Waals surface area contributed by atoms with Crippen molar-refractivity contribution in [3.05, 3.63) is 200 Å². The summed E-state index contributed by atoms with van der Waals surface area (Å²) >= 11 is 0. The third-order valence-electron chi connectivity index (χ3n) is 9.11. The van der Waals surface area contributed by atoms with Crippen molar-refractivity contribution in [3.8, 4) is 23.0 Å². The number of hydrogen-bond donors (Lipinski definition) is 1. The molecule has 0 spiro atoms. The van der Waals surface area contributed by atoms with Crippen LogP contribution in [0.1, 0.15) is 27.0 Å². The Morgan fingerprint density at radius 3 is 1.30 bits per heavy atom. The highest BCUT2D eigenvalue weighted by molar-refractivity contribution is 5.81. The van der Waals surface area contributed by atoms with E-state index in [4.69, 9.17) is 14.6 Å². The first-order valence-corrected chi connectivity index (χ1v) is 17.7. The summed E-state index contributed by atoms with van der Waals surface area (Å²) in [5.41, 5.74) is 0.237. The molecule has 0 unspecified atom stereocenters. The molecule has 6 aromatic carbocycles. The Bertz CT molecular complexity index is 2970. The van der Waals surface area contributed by atoms with Crippen LogP contribution in [0.15, 0.2) is 131 Å². The van der Waals surface area contributed by atoms with Crippen LogP contribution in [0.3, 0.4) is 0 Å². The molecule has 8 aromatic rings. The minimum Gasteiger partial charge on any atom is -0.457 e. The summed E-state index contributed by atoms with van der Waals surface area (Å²) < 4.78 is 96.6. The van der Waals surface area contributed by atoms with Crippen LogP contribution >= 0.6 is 0 Å². The first-order valence-electron chi connectivity index (χ1n) is 17.7. The average molecular weight is 823 g/mol. The van der Waals surface area contributed by atoms with Gasteiger partial charge in [-0.25, -0.2) is 26.3 Å². The van der Waals surface area contributed by atoms with Crippen LogP contribution in [0, 0.1) is 34.9 Å². The molecule has 2 heterocycles. The van der Waals surface area contributed by atoms with Gasteiger partial charge in [0.25, 0.3) is 11.1 Å². The first-order chi connectivity index (χ1) is 28.9. The molecule has 0 aliphatic carbocycles. The fourth-order valence-electron chi connectivity index (χ4n) is 6.10. The smallest absolute Gasteiger partial charge is 0.280 e. The van der Waals surface area contributed by atoms with Crippen molar-refractivity contribution in [2.75, 3.05) is 0 Å². The van der Waals surface area contributed by atoms with Gasteiger partial charge in [-0.05, 0) is 78.4 Å². The topological polar surface area (TPSA) is 126 Å². The summed E-state index contributed by atoms with van der Waals surface area (Å²) in [5, 5.41) is 9.48. The zero-order valence-corrected chi connectivity index (χ0v) is 30.8. The van der Waals surface area contributed by atoms with Crippen molar-refractivity contribution in [2.24, 2.45) is 0 Å². The number of halogens is 6. The lowest BCUT2D eigenvalue weighted by Gasteiger charge is -2.13. The lowest BCUT2D eigenvalue weighted by Crippen LogP contribution is -2.14. The molecule has 0 radical (unpaired) electrons. The molecule has 10 nitrogen and oxygen atoms in total. The monoisotopic (exact) mass is 822 g/mol. The molecule has 2 aromatic heterocycles. The Balaban J connectivity index is 0.000000181. The van der Waals surface area contributed by atoms with Gasteiger partial charge in [-0.1, -0.05) is 12.1 Å². The molecule has 60 heavy (non-hydrogen) atoms. The second-order valence-corrected chi connectivity index (χ2v) is 13.1. The van der Waals surface area contributed by atoms with Crippen LogP contribution in [-0.2, 0) is 19.7 Å². The molecule has 0 atom stereocenters. The summed E-state index contributed by atoms with van der Waals surface area (Å²) in [7, 11) is 0. The van der Waals surface area contributed by atoms with Crippen molar-refractivity contribution in [1.82, 2.24) is 19.1 Å². The summed E-state index contributed by atoms with van der Waals surface area (Å²) in [6.45, 7) is -0.643. The standard InChI is InChI=1S/C22H15F3N2O3.C22H13F3N2O3/c2*23-14-7-19(24)18(20(25)8-14)10-27-12-26-22(29)17-9-16(5-6-21(17)27)30-15-3-1-13(11-28)2-4-15/h1-9,12,28H,10-11H2;1-9,11-12H,10H2. The molecule has 8 rings (SSSR count). The van der Waals surface area contributed by atoms with Gasteiger partial charge in [0.15, 0.2) is 0 Å². The van der Waals surface area contributed by atoms with E-state index in [-0.39, 0.29) is 41.6 Å². The minimum absolute atomic E-state index is 0.0866. The summed E-state index contributed by atoms with van der Waals surface area (Å²) in [6, 6.07) is 24.8.